The van der Waals surface area contributed by atoms with E-state index in [4.69, 9.17) is 11.6 Å². The first-order valence-electron chi connectivity index (χ1n) is 7.01. The fourth-order valence-corrected chi connectivity index (χ4v) is 1.50. The molecular weight excluding hydrogens is 354 g/mol. The molecular formula is C14H20ClN5O5. The van der Waals surface area contributed by atoms with Gasteiger partial charge in [-0.3, -0.25) is 10.1 Å². The van der Waals surface area contributed by atoms with E-state index in [1.54, 1.807) is 25.9 Å². The lowest BCUT2D eigenvalue weighted by atomic mass is 10.3. The van der Waals surface area contributed by atoms with Gasteiger partial charge in [-0.25, -0.2) is 9.59 Å². The lowest BCUT2D eigenvalue weighted by Gasteiger charge is -2.04. The largest absolute Gasteiger partial charge is 0.448 e. The second-order valence-corrected chi connectivity index (χ2v) is 4.94. The number of ether oxygens (including phenoxy) is 1. The van der Waals surface area contributed by atoms with E-state index in [-0.39, 0.29) is 10.7 Å². The molecule has 0 aliphatic carbocycles. The average molecular weight is 374 g/mol. The Hall–Kier alpha value is -2.88. The number of nitro groups is 1. The van der Waals surface area contributed by atoms with Crippen LogP contribution in [-0.4, -0.2) is 56.0 Å². The molecule has 0 saturated heterocycles. The number of nitrogens with one attached hydrogen (secondary N) is 2. The highest BCUT2D eigenvalue weighted by atomic mass is 35.5. The van der Waals surface area contributed by atoms with E-state index in [1.807, 2.05) is 0 Å². The maximum atomic E-state index is 10.9. The van der Waals surface area contributed by atoms with Crippen LogP contribution >= 0.6 is 11.6 Å². The van der Waals surface area contributed by atoms with Gasteiger partial charge in [0, 0.05) is 32.9 Å². The van der Waals surface area contributed by atoms with E-state index in [2.05, 4.69) is 20.4 Å². The van der Waals surface area contributed by atoms with Crippen molar-refractivity contribution in [3.63, 3.8) is 0 Å². The fourth-order valence-electron chi connectivity index (χ4n) is 1.25. The number of hydrogen-bond donors (Lipinski definition) is 2. The summed E-state index contributed by atoms with van der Waals surface area (Å²) in [6, 6.07) is 3.53. The second-order valence-electron chi connectivity index (χ2n) is 4.53. The monoisotopic (exact) mass is 373 g/mol. The first-order valence-corrected chi connectivity index (χ1v) is 7.39. The van der Waals surface area contributed by atoms with Gasteiger partial charge in [0.05, 0.1) is 17.9 Å². The summed E-state index contributed by atoms with van der Waals surface area (Å²) in [6.07, 6.45) is 0.856. The fraction of sp³-hybridized carbons (Fsp3) is 0.357. The number of nitrogens with zero attached hydrogens (tertiary/aromatic N) is 3. The molecule has 0 bridgehead atoms. The Labute approximate surface area is 150 Å². The molecule has 0 radical (unpaired) electrons. The summed E-state index contributed by atoms with van der Waals surface area (Å²) in [5, 5.41) is 15.2. The molecule has 0 spiro atoms. The van der Waals surface area contributed by atoms with Crippen molar-refractivity contribution in [3.8, 4) is 0 Å². The molecule has 10 nitrogen and oxygen atoms in total. The van der Waals surface area contributed by atoms with E-state index in [0.717, 1.165) is 0 Å². The van der Waals surface area contributed by atoms with Gasteiger partial charge >= 0.3 is 12.1 Å². The van der Waals surface area contributed by atoms with Gasteiger partial charge in [0.1, 0.15) is 5.02 Å². The number of anilines is 1. The number of carbonyl (C=O) groups excluding carboxylic acids is 2. The van der Waals surface area contributed by atoms with E-state index >= 15 is 0 Å². The van der Waals surface area contributed by atoms with Crippen LogP contribution < -0.4 is 10.6 Å². The number of rotatable bonds is 4. The first kappa shape index (κ1) is 22.1. The van der Waals surface area contributed by atoms with Crippen molar-refractivity contribution in [2.75, 3.05) is 33.1 Å². The summed E-state index contributed by atoms with van der Waals surface area (Å²) < 4.78 is 4.53. The van der Waals surface area contributed by atoms with Gasteiger partial charge in [-0.15, -0.1) is 0 Å². The van der Waals surface area contributed by atoms with E-state index < -0.39 is 17.0 Å². The van der Waals surface area contributed by atoms with Gasteiger partial charge in [0.2, 0.25) is 0 Å². The van der Waals surface area contributed by atoms with Crippen molar-refractivity contribution in [3.05, 3.63) is 33.3 Å². The SMILES string of the molecule is CCOC(=O)N=CN(C)C.CNC(=O)Nc1ccc([N+](=O)[O-])c(Cl)c1. The highest BCUT2D eigenvalue weighted by molar-refractivity contribution is 6.33. The molecule has 0 fully saturated rings. The molecule has 0 heterocycles. The van der Waals surface area contributed by atoms with E-state index in [9.17, 15) is 19.7 Å². The molecule has 1 rings (SSSR count). The molecule has 0 aliphatic rings. The first-order chi connectivity index (χ1) is 11.7. The number of halogens is 1. The van der Waals surface area contributed by atoms with Crippen LogP contribution in [0.25, 0.3) is 0 Å². The molecule has 11 heteroatoms. The molecule has 0 unspecified atom stereocenters. The zero-order valence-electron chi connectivity index (χ0n) is 14.3. The minimum Gasteiger partial charge on any atom is -0.448 e. The van der Waals surface area contributed by atoms with Gasteiger partial charge in [-0.1, -0.05) is 11.6 Å². The predicted molar refractivity (Wildman–Crippen MR) is 95.4 cm³/mol. The van der Waals surface area contributed by atoms with Crippen LogP contribution in [0.1, 0.15) is 6.92 Å². The van der Waals surface area contributed by atoms with Crippen LogP contribution in [0.3, 0.4) is 0 Å². The van der Waals surface area contributed by atoms with Crippen molar-refractivity contribution in [1.82, 2.24) is 10.2 Å². The number of nitro benzene ring substituents is 1. The molecule has 0 atom stereocenters. The third kappa shape index (κ3) is 9.76. The normalized spacial score (nSPS) is 9.64. The molecule has 1 aromatic rings. The number of benzene rings is 1. The average Bonchev–Trinajstić information content (AvgIpc) is 2.53. The van der Waals surface area contributed by atoms with Crippen molar-refractivity contribution >= 4 is 41.4 Å². The number of carbonyl (C=O) groups is 2. The Morgan fingerprint density at radius 3 is 2.52 bits per heavy atom. The van der Waals surface area contributed by atoms with Crippen molar-refractivity contribution in [1.29, 1.82) is 0 Å². The molecule has 2 N–H and O–H groups in total. The van der Waals surface area contributed by atoms with Gasteiger partial charge in [0.25, 0.3) is 5.69 Å². The highest BCUT2D eigenvalue weighted by Gasteiger charge is 2.12. The zero-order valence-corrected chi connectivity index (χ0v) is 15.0. The molecule has 0 aliphatic heterocycles. The summed E-state index contributed by atoms with van der Waals surface area (Å²) >= 11 is 5.64. The van der Waals surface area contributed by atoms with Crippen molar-refractivity contribution < 1.29 is 19.2 Å². The van der Waals surface area contributed by atoms with E-state index in [0.29, 0.717) is 12.3 Å². The Morgan fingerprint density at radius 1 is 1.44 bits per heavy atom. The maximum absolute atomic E-state index is 10.9. The summed E-state index contributed by atoms with van der Waals surface area (Å²) in [7, 11) is 5.02. The lowest BCUT2D eigenvalue weighted by Crippen LogP contribution is -2.24. The topological polar surface area (TPSA) is 126 Å². The van der Waals surface area contributed by atoms with Crippen LogP contribution in [0.4, 0.5) is 21.0 Å². The minimum atomic E-state index is -0.591. The van der Waals surface area contributed by atoms with Crippen molar-refractivity contribution in [2.24, 2.45) is 4.99 Å². The van der Waals surface area contributed by atoms with Gasteiger partial charge in [-0.2, -0.15) is 4.99 Å². The quantitative estimate of drug-likeness (QED) is 0.361. The number of urea groups is 1. The van der Waals surface area contributed by atoms with E-state index in [1.165, 1.54) is 31.6 Å². The molecule has 3 amide bonds. The summed E-state index contributed by atoms with van der Waals surface area (Å²) in [5.41, 5.74) is 0.198. The molecule has 0 aromatic heterocycles. The van der Waals surface area contributed by atoms with Gasteiger partial charge < -0.3 is 20.3 Å². The van der Waals surface area contributed by atoms with Crippen molar-refractivity contribution in [2.45, 2.75) is 6.92 Å². The Bertz CT molecular complexity index is 636. The van der Waals surface area contributed by atoms with Crippen LogP contribution in [0.15, 0.2) is 23.2 Å². The molecule has 0 saturated carbocycles. The van der Waals surface area contributed by atoms with Crippen LogP contribution in [0.2, 0.25) is 5.02 Å². The highest BCUT2D eigenvalue weighted by Crippen LogP contribution is 2.26. The lowest BCUT2D eigenvalue weighted by molar-refractivity contribution is -0.384. The predicted octanol–water partition coefficient (Wildman–Crippen LogP) is 2.73. The van der Waals surface area contributed by atoms with Gasteiger partial charge in [-0.05, 0) is 19.1 Å². The number of aliphatic imine (C=N–C) groups is 1. The third-order valence-electron chi connectivity index (χ3n) is 2.29. The summed E-state index contributed by atoms with van der Waals surface area (Å²) in [5.74, 6) is 0. The summed E-state index contributed by atoms with van der Waals surface area (Å²) in [6.45, 7) is 2.10. The zero-order chi connectivity index (χ0) is 19.4. The summed E-state index contributed by atoms with van der Waals surface area (Å²) in [4.78, 5) is 36.4. The van der Waals surface area contributed by atoms with Crippen LogP contribution in [0.5, 0.6) is 0 Å². The number of hydrogen-bond acceptors (Lipinski definition) is 5. The Balaban J connectivity index is 0.000000504. The smallest absolute Gasteiger partial charge is 0.434 e. The number of amides is 3. The molecule has 1 aromatic carbocycles. The minimum absolute atomic E-state index is 0.0195. The second kappa shape index (κ2) is 11.6. The molecule has 25 heavy (non-hydrogen) atoms. The van der Waals surface area contributed by atoms with Crippen LogP contribution in [0, 0.1) is 10.1 Å². The Kier molecular flexibility index (Phi) is 10.3. The molecule has 138 valence electrons. The maximum Gasteiger partial charge on any atom is 0.434 e. The third-order valence-corrected chi connectivity index (χ3v) is 2.59. The van der Waals surface area contributed by atoms with Gasteiger partial charge in [0.15, 0.2) is 0 Å². The van der Waals surface area contributed by atoms with Crippen LogP contribution in [-0.2, 0) is 4.74 Å². The Morgan fingerprint density at radius 2 is 2.08 bits per heavy atom. The standard InChI is InChI=1S/C8H8ClN3O3.C6H12N2O2/c1-10-8(13)11-5-2-3-7(12(14)15)6(9)4-5;1-4-10-6(9)7-5-8(2)3/h2-4H,1H3,(H2,10,11,13);5H,4H2,1-3H3.